The maximum Gasteiger partial charge on any atom is 0.304 e. The minimum atomic E-state index is -0.714. The summed E-state index contributed by atoms with van der Waals surface area (Å²) >= 11 is 1.55. The zero-order valence-electron chi connectivity index (χ0n) is 11.1. The Morgan fingerprint density at radius 2 is 2.29 bits per heavy atom. The lowest BCUT2D eigenvalue weighted by Gasteiger charge is -2.30. The number of hydrogen-bond donors (Lipinski definition) is 1. The van der Waals surface area contributed by atoms with Crippen LogP contribution in [0.5, 0.6) is 0 Å². The van der Waals surface area contributed by atoms with Crippen LogP contribution in [0.25, 0.3) is 0 Å². The van der Waals surface area contributed by atoms with Crippen LogP contribution in [0.2, 0.25) is 0 Å². The van der Waals surface area contributed by atoms with Crippen molar-refractivity contribution in [1.29, 1.82) is 0 Å². The molecular formula is C12H25NO3S. The summed E-state index contributed by atoms with van der Waals surface area (Å²) in [6, 6.07) is 0. The number of carboxylic acid groups (broad SMARTS) is 1. The SMILES string of the molecule is CCCN1CCOC(C)C1.CSCCC(=O)O. The van der Waals surface area contributed by atoms with Crippen LogP contribution in [0.15, 0.2) is 0 Å². The molecule has 1 atom stereocenters. The van der Waals surface area contributed by atoms with Crippen LogP contribution in [0, 0.1) is 0 Å². The highest BCUT2D eigenvalue weighted by Gasteiger charge is 2.14. The molecule has 4 nitrogen and oxygen atoms in total. The number of carboxylic acids is 1. The first-order chi connectivity index (χ1) is 8.10. The van der Waals surface area contributed by atoms with Crippen molar-refractivity contribution >= 4 is 17.7 Å². The molecule has 17 heavy (non-hydrogen) atoms. The molecule has 0 aromatic heterocycles. The summed E-state index contributed by atoms with van der Waals surface area (Å²) in [5.41, 5.74) is 0. The Kier molecular flexibility index (Phi) is 10.7. The molecule has 0 aromatic carbocycles. The second-order valence-electron chi connectivity index (χ2n) is 4.12. The Hall–Kier alpha value is -0.260. The molecule has 0 amide bonds. The standard InChI is InChI=1S/C8H17NO.C4H8O2S/c1-3-4-9-5-6-10-8(2)7-9;1-7-3-2-4(5)6/h8H,3-7H2,1-2H3;2-3H2,1H3,(H,5,6). The van der Waals surface area contributed by atoms with Gasteiger partial charge in [-0.3, -0.25) is 9.69 Å². The first-order valence-electron chi connectivity index (χ1n) is 6.14. The van der Waals surface area contributed by atoms with E-state index < -0.39 is 5.97 Å². The summed E-state index contributed by atoms with van der Waals surface area (Å²) in [4.78, 5) is 12.2. The van der Waals surface area contributed by atoms with Crippen molar-refractivity contribution in [1.82, 2.24) is 4.90 Å². The third kappa shape index (κ3) is 10.6. The third-order valence-electron chi connectivity index (χ3n) is 2.39. The van der Waals surface area contributed by atoms with Crippen molar-refractivity contribution in [2.45, 2.75) is 32.8 Å². The maximum absolute atomic E-state index is 9.74. The van der Waals surface area contributed by atoms with Gasteiger partial charge in [-0.05, 0) is 26.1 Å². The highest BCUT2D eigenvalue weighted by molar-refractivity contribution is 7.98. The van der Waals surface area contributed by atoms with Crippen molar-refractivity contribution in [2.24, 2.45) is 0 Å². The molecule has 0 saturated carbocycles. The molecule has 1 unspecified atom stereocenters. The largest absolute Gasteiger partial charge is 0.481 e. The predicted molar refractivity (Wildman–Crippen MR) is 72.8 cm³/mol. The quantitative estimate of drug-likeness (QED) is 0.821. The fraction of sp³-hybridized carbons (Fsp3) is 0.917. The van der Waals surface area contributed by atoms with Gasteiger partial charge in [-0.1, -0.05) is 6.92 Å². The highest BCUT2D eigenvalue weighted by atomic mass is 32.2. The van der Waals surface area contributed by atoms with Gasteiger partial charge in [-0.25, -0.2) is 0 Å². The smallest absolute Gasteiger partial charge is 0.304 e. The Labute approximate surface area is 109 Å². The van der Waals surface area contributed by atoms with Gasteiger partial charge in [0, 0.05) is 18.8 Å². The Balaban J connectivity index is 0.000000325. The molecule has 1 heterocycles. The molecule has 5 heteroatoms. The summed E-state index contributed by atoms with van der Waals surface area (Å²) in [5.74, 6) is 0.00403. The molecule has 1 saturated heterocycles. The van der Waals surface area contributed by atoms with Gasteiger partial charge in [0.05, 0.1) is 19.1 Å². The van der Waals surface area contributed by atoms with E-state index in [1.807, 2.05) is 6.26 Å². The number of ether oxygens (including phenoxy) is 1. The van der Waals surface area contributed by atoms with Crippen LogP contribution in [0.3, 0.4) is 0 Å². The lowest BCUT2D eigenvalue weighted by molar-refractivity contribution is -0.136. The van der Waals surface area contributed by atoms with Gasteiger partial charge in [0.25, 0.3) is 0 Å². The van der Waals surface area contributed by atoms with Crippen molar-refractivity contribution < 1.29 is 14.6 Å². The summed E-state index contributed by atoms with van der Waals surface area (Å²) in [7, 11) is 0. The van der Waals surface area contributed by atoms with Crippen LogP contribution in [0.4, 0.5) is 0 Å². The van der Waals surface area contributed by atoms with E-state index in [1.54, 1.807) is 11.8 Å². The molecule has 102 valence electrons. The molecule has 0 bridgehead atoms. The number of carbonyl (C=O) groups is 1. The van der Waals surface area contributed by atoms with Crippen LogP contribution in [-0.4, -0.2) is 60.3 Å². The van der Waals surface area contributed by atoms with Gasteiger partial charge >= 0.3 is 5.97 Å². The first kappa shape index (κ1) is 16.7. The maximum atomic E-state index is 9.74. The number of aliphatic carboxylic acids is 1. The topological polar surface area (TPSA) is 49.8 Å². The minimum Gasteiger partial charge on any atom is -0.481 e. The van der Waals surface area contributed by atoms with Gasteiger partial charge in [0.15, 0.2) is 0 Å². The minimum absolute atomic E-state index is 0.279. The van der Waals surface area contributed by atoms with E-state index in [0.29, 0.717) is 6.10 Å². The van der Waals surface area contributed by atoms with E-state index in [4.69, 9.17) is 9.84 Å². The van der Waals surface area contributed by atoms with E-state index >= 15 is 0 Å². The van der Waals surface area contributed by atoms with Gasteiger partial charge < -0.3 is 9.84 Å². The highest BCUT2D eigenvalue weighted by Crippen LogP contribution is 2.03. The van der Waals surface area contributed by atoms with E-state index in [9.17, 15) is 4.79 Å². The van der Waals surface area contributed by atoms with Gasteiger partial charge in [-0.2, -0.15) is 11.8 Å². The van der Waals surface area contributed by atoms with Crippen LogP contribution in [0.1, 0.15) is 26.7 Å². The van der Waals surface area contributed by atoms with Crippen molar-refractivity contribution in [2.75, 3.05) is 38.2 Å². The van der Waals surface area contributed by atoms with Crippen LogP contribution >= 0.6 is 11.8 Å². The Morgan fingerprint density at radius 1 is 1.59 bits per heavy atom. The monoisotopic (exact) mass is 263 g/mol. The Bertz CT molecular complexity index is 200. The number of morpholine rings is 1. The zero-order valence-corrected chi connectivity index (χ0v) is 12.0. The summed E-state index contributed by atoms with van der Waals surface area (Å²) in [6.45, 7) is 8.75. The summed E-state index contributed by atoms with van der Waals surface area (Å²) < 4.78 is 5.41. The summed E-state index contributed by atoms with van der Waals surface area (Å²) in [6.07, 6.45) is 3.87. The van der Waals surface area contributed by atoms with Gasteiger partial charge in [0.2, 0.25) is 0 Å². The van der Waals surface area contributed by atoms with E-state index in [-0.39, 0.29) is 6.42 Å². The lowest BCUT2D eigenvalue weighted by atomic mass is 10.3. The average Bonchev–Trinajstić information content (AvgIpc) is 2.28. The number of nitrogens with zero attached hydrogens (tertiary/aromatic N) is 1. The number of hydrogen-bond acceptors (Lipinski definition) is 4. The first-order valence-corrected chi connectivity index (χ1v) is 7.54. The number of rotatable bonds is 5. The molecule has 1 aliphatic rings. The average molecular weight is 263 g/mol. The number of thioether (sulfide) groups is 1. The molecule has 0 aliphatic carbocycles. The molecule has 0 radical (unpaired) electrons. The van der Waals surface area contributed by atoms with E-state index in [2.05, 4.69) is 18.7 Å². The van der Waals surface area contributed by atoms with E-state index in [1.165, 1.54) is 13.0 Å². The molecule has 1 aliphatic heterocycles. The van der Waals surface area contributed by atoms with Crippen molar-refractivity contribution in [3.8, 4) is 0 Å². The molecule has 1 rings (SSSR count). The zero-order chi connectivity index (χ0) is 13.1. The fourth-order valence-corrected chi connectivity index (χ4v) is 1.98. The second kappa shape index (κ2) is 10.9. The molecule has 0 spiro atoms. The van der Waals surface area contributed by atoms with Gasteiger partial charge in [0.1, 0.15) is 0 Å². The summed E-state index contributed by atoms with van der Waals surface area (Å²) in [5, 5.41) is 8.03. The molecule has 1 N–H and O–H groups in total. The van der Waals surface area contributed by atoms with E-state index in [0.717, 1.165) is 25.4 Å². The van der Waals surface area contributed by atoms with Gasteiger partial charge in [-0.15, -0.1) is 0 Å². The van der Waals surface area contributed by atoms with Crippen molar-refractivity contribution in [3.63, 3.8) is 0 Å². The third-order valence-corrected chi connectivity index (χ3v) is 3.00. The predicted octanol–water partition coefficient (Wildman–Crippen LogP) is 1.94. The fourth-order valence-electron chi connectivity index (χ4n) is 1.60. The lowest BCUT2D eigenvalue weighted by Crippen LogP contribution is -2.41. The molecular weight excluding hydrogens is 238 g/mol. The molecule has 0 aromatic rings. The van der Waals surface area contributed by atoms with Crippen molar-refractivity contribution in [3.05, 3.63) is 0 Å². The Morgan fingerprint density at radius 3 is 2.71 bits per heavy atom. The second-order valence-corrected chi connectivity index (χ2v) is 5.10. The normalized spacial score (nSPS) is 20.5. The van der Waals surface area contributed by atoms with Crippen LogP contribution in [-0.2, 0) is 9.53 Å². The van der Waals surface area contributed by atoms with Crippen LogP contribution < -0.4 is 0 Å². The molecule has 1 fully saturated rings.